The van der Waals surface area contributed by atoms with Gasteiger partial charge in [0.05, 0.1) is 10.2 Å². The Labute approximate surface area is 117 Å². The van der Waals surface area contributed by atoms with Crippen LogP contribution in [0, 0.1) is 0 Å². The smallest absolute Gasteiger partial charge is 0.286 e. The molecule has 7 heteroatoms. The van der Waals surface area contributed by atoms with Crippen molar-refractivity contribution >= 4 is 43.9 Å². The maximum Gasteiger partial charge on any atom is 0.286 e. The highest BCUT2D eigenvalue weighted by Gasteiger charge is 2.14. The van der Waals surface area contributed by atoms with Crippen LogP contribution in [0.4, 0.5) is 5.13 Å². The molecule has 0 radical (unpaired) electrons. The fraction of sp³-hybridized carbons (Fsp3) is 0.167. The standard InChI is InChI=1S/C12H10N4OS2/c1-2-9-15-16-12(19-9)14-10(17)11-13-7-5-3-4-6-8(7)18-11/h3-6H,2H2,1H3,(H,14,16,17). The van der Waals surface area contributed by atoms with Crippen LogP contribution in [0.2, 0.25) is 0 Å². The molecule has 2 heterocycles. The number of anilines is 1. The SMILES string of the molecule is CCc1nnc(NC(=O)c2nc3ccccc3s2)s1. The number of rotatable bonds is 3. The summed E-state index contributed by atoms with van der Waals surface area (Å²) < 4.78 is 0.999. The normalized spacial score (nSPS) is 10.8. The molecule has 1 amide bonds. The monoisotopic (exact) mass is 290 g/mol. The highest BCUT2D eigenvalue weighted by Crippen LogP contribution is 2.23. The first-order chi connectivity index (χ1) is 9.26. The molecule has 3 aromatic rings. The Balaban J connectivity index is 1.83. The molecule has 3 rings (SSSR count). The Morgan fingerprint density at radius 2 is 2.11 bits per heavy atom. The summed E-state index contributed by atoms with van der Waals surface area (Å²) in [6, 6.07) is 7.68. The summed E-state index contributed by atoms with van der Waals surface area (Å²) in [5.74, 6) is -0.236. The van der Waals surface area contributed by atoms with Crippen LogP contribution in [0.15, 0.2) is 24.3 Å². The average molecular weight is 290 g/mol. The molecule has 0 saturated carbocycles. The van der Waals surface area contributed by atoms with Gasteiger partial charge in [-0.1, -0.05) is 30.4 Å². The highest BCUT2D eigenvalue weighted by atomic mass is 32.1. The van der Waals surface area contributed by atoms with Crippen molar-refractivity contribution in [2.45, 2.75) is 13.3 Å². The van der Waals surface area contributed by atoms with Crippen molar-refractivity contribution in [1.29, 1.82) is 0 Å². The van der Waals surface area contributed by atoms with Gasteiger partial charge in [0.15, 0.2) is 5.01 Å². The number of aromatic nitrogens is 3. The van der Waals surface area contributed by atoms with E-state index in [9.17, 15) is 4.79 Å². The number of hydrogen-bond donors (Lipinski definition) is 1. The fourth-order valence-corrected chi connectivity index (χ4v) is 3.10. The van der Waals surface area contributed by atoms with E-state index in [-0.39, 0.29) is 5.91 Å². The van der Waals surface area contributed by atoms with Crippen LogP contribution in [0.5, 0.6) is 0 Å². The molecular formula is C12H10N4OS2. The van der Waals surface area contributed by atoms with Crippen LogP contribution < -0.4 is 5.32 Å². The molecule has 96 valence electrons. The maximum absolute atomic E-state index is 12.1. The van der Waals surface area contributed by atoms with Gasteiger partial charge in [-0.15, -0.1) is 21.5 Å². The van der Waals surface area contributed by atoms with E-state index in [4.69, 9.17) is 0 Å². The van der Waals surface area contributed by atoms with E-state index in [1.807, 2.05) is 31.2 Å². The van der Waals surface area contributed by atoms with E-state index in [2.05, 4.69) is 20.5 Å². The van der Waals surface area contributed by atoms with Gasteiger partial charge >= 0.3 is 0 Å². The largest absolute Gasteiger partial charge is 0.294 e. The minimum absolute atomic E-state index is 0.236. The maximum atomic E-state index is 12.1. The topological polar surface area (TPSA) is 67.8 Å². The lowest BCUT2D eigenvalue weighted by molar-refractivity contribution is 0.102. The summed E-state index contributed by atoms with van der Waals surface area (Å²) >= 11 is 2.76. The average Bonchev–Trinajstić information content (AvgIpc) is 3.04. The number of para-hydroxylation sites is 1. The van der Waals surface area contributed by atoms with Gasteiger partial charge in [0.25, 0.3) is 5.91 Å². The lowest BCUT2D eigenvalue weighted by Gasteiger charge is -1.95. The van der Waals surface area contributed by atoms with E-state index in [1.54, 1.807) is 0 Å². The van der Waals surface area contributed by atoms with Crippen molar-refractivity contribution < 1.29 is 4.79 Å². The van der Waals surface area contributed by atoms with Gasteiger partial charge < -0.3 is 0 Å². The van der Waals surface area contributed by atoms with E-state index in [0.29, 0.717) is 10.1 Å². The number of carbonyl (C=O) groups excluding carboxylic acids is 1. The van der Waals surface area contributed by atoms with Crippen molar-refractivity contribution in [2.75, 3.05) is 5.32 Å². The van der Waals surface area contributed by atoms with Gasteiger partial charge in [-0.25, -0.2) is 4.98 Å². The lowest BCUT2D eigenvalue weighted by atomic mass is 10.3. The molecule has 0 fully saturated rings. The fourth-order valence-electron chi connectivity index (χ4n) is 1.57. The number of benzene rings is 1. The first-order valence-corrected chi connectivity index (χ1v) is 7.39. The Morgan fingerprint density at radius 3 is 2.84 bits per heavy atom. The summed E-state index contributed by atoms with van der Waals surface area (Å²) in [7, 11) is 0. The molecule has 0 saturated heterocycles. The lowest BCUT2D eigenvalue weighted by Crippen LogP contribution is -2.11. The summed E-state index contributed by atoms with van der Waals surface area (Å²) in [6.45, 7) is 2.00. The second-order valence-electron chi connectivity index (χ2n) is 3.80. The Bertz CT molecular complexity index is 701. The van der Waals surface area contributed by atoms with Crippen molar-refractivity contribution in [1.82, 2.24) is 15.2 Å². The number of amides is 1. The summed E-state index contributed by atoms with van der Waals surface area (Å²) in [5, 5.41) is 12.5. The molecule has 0 aliphatic heterocycles. The first kappa shape index (κ1) is 12.2. The number of hydrogen-bond acceptors (Lipinski definition) is 6. The van der Waals surface area contributed by atoms with Crippen LogP contribution in [0.1, 0.15) is 21.7 Å². The molecular weight excluding hydrogens is 280 g/mol. The van der Waals surface area contributed by atoms with Gasteiger partial charge in [-0.2, -0.15) is 0 Å². The third kappa shape index (κ3) is 2.47. The molecule has 0 atom stereocenters. The zero-order chi connectivity index (χ0) is 13.2. The van der Waals surface area contributed by atoms with Crippen LogP contribution in [-0.4, -0.2) is 21.1 Å². The van der Waals surface area contributed by atoms with Crippen molar-refractivity contribution in [3.05, 3.63) is 34.3 Å². The van der Waals surface area contributed by atoms with Crippen molar-refractivity contribution in [3.63, 3.8) is 0 Å². The first-order valence-electron chi connectivity index (χ1n) is 5.75. The molecule has 2 aromatic heterocycles. The van der Waals surface area contributed by atoms with Crippen molar-refractivity contribution in [3.8, 4) is 0 Å². The van der Waals surface area contributed by atoms with Crippen LogP contribution in [0.25, 0.3) is 10.2 Å². The number of aryl methyl sites for hydroxylation is 1. The molecule has 0 unspecified atom stereocenters. The molecule has 0 spiro atoms. The van der Waals surface area contributed by atoms with Gasteiger partial charge in [0, 0.05) is 0 Å². The predicted molar refractivity (Wildman–Crippen MR) is 76.9 cm³/mol. The summed E-state index contributed by atoms with van der Waals surface area (Å²) in [4.78, 5) is 16.4. The third-order valence-electron chi connectivity index (χ3n) is 2.48. The zero-order valence-corrected chi connectivity index (χ0v) is 11.7. The quantitative estimate of drug-likeness (QED) is 0.805. The highest BCUT2D eigenvalue weighted by molar-refractivity contribution is 7.20. The molecule has 5 nitrogen and oxygen atoms in total. The van der Waals surface area contributed by atoms with Crippen molar-refractivity contribution in [2.24, 2.45) is 0 Å². The Hall–Kier alpha value is -1.86. The minimum atomic E-state index is -0.236. The molecule has 19 heavy (non-hydrogen) atoms. The number of thiazole rings is 1. The molecule has 0 aliphatic carbocycles. The van der Waals surface area contributed by atoms with Crippen LogP contribution in [0.3, 0.4) is 0 Å². The molecule has 0 bridgehead atoms. The van der Waals surface area contributed by atoms with Crippen LogP contribution >= 0.6 is 22.7 Å². The Kier molecular flexibility index (Phi) is 3.22. The summed E-state index contributed by atoms with van der Waals surface area (Å²) in [5.41, 5.74) is 0.837. The number of fused-ring (bicyclic) bond motifs is 1. The van der Waals surface area contributed by atoms with E-state index >= 15 is 0 Å². The van der Waals surface area contributed by atoms with E-state index in [0.717, 1.165) is 21.6 Å². The van der Waals surface area contributed by atoms with Gasteiger partial charge in [-0.05, 0) is 18.6 Å². The van der Waals surface area contributed by atoms with Gasteiger partial charge in [0.2, 0.25) is 5.13 Å². The number of nitrogens with zero attached hydrogens (tertiary/aromatic N) is 3. The zero-order valence-electron chi connectivity index (χ0n) is 10.1. The van der Waals surface area contributed by atoms with Crippen LogP contribution in [-0.2, 0) is 6.42 Å². The number of carbonyl (C=O) groups is 1. The predicted octanol–water partition coefficient (Wildman–Crippen LogP) is 2.96. The van der Waals surface area contributed by atoms with Gasteiger partial charge in [0.1, 0.15) is 5.01 Å². The molecule has 0 aliphatic rings. The van der Waals surface area contributed by atoms with E-state index in [1.165, 1.54) is 22.7 Å². The number of nitrogens with one attached hydrogen (secondary N) is 1. The second-order valence-corrected chi connectivity index (χ2v) is 5.89. The summed E-state index contributed by atoms with van der Waals surface area (Å²) in [6.07, 6.45) is 0.814. The van der Waals surface area contributed by atoms with E-state index < -0.39 is 0 Å². The second kappa shape index (κ2) is 5.02. The molecule has 1 aromatic carbocycles. The van der Waals surface area contributed by atoms with Gasteiger partial charge in [-0.3, -0.25) is 10.1 Å². The third-order valence-corrected chi connectivity index (χ3v) is 4.50. The minimum Gasteiger partial charge on any atom is -0.294 e. The Morgan fingerprint density at radius 1 is 1.26 bits per heavy atom. The molecule has 1 N–H and O–H groups in total.